The monoisotopic (exact) mass is 192 g/mol. The van der Waals surface area contributed by atoms with E-state index in [4.69, 9.17) is 4.21 Å². The van der Waals surface area contributed by atoms with Crippen molar-refractivity contribution in [3.05, 3.63) is 25.1 Å². The molecule has 0 saturated heterocycles. The van der Waals surface area contributed by atoms with E-state index in [0.29, 0.717) is 0 Å². The minimum Gasteiger partial charge on any atom is -0.435 e. The molecule has 0 aliphatic rings. The van der Waals surface area contributed by atoms with Crippen molar-refractivity contribution < 1.29 is 13.3 Å². The highest BCUT2D eigenvalue weighted by atomic mass is 31.1. The third-order valence-electron chi connectivity index (χ3n) is 1.02. The average Bonchev–Trinajstić information content (AvgIpc) is 1.87. The molecule has 5 heteroatoms. The third kappa shape index (κ3) is 5.01. The molecule has 0 N–H and O–H groups in total. The van der Waals surface area contributed by atoms with E-state index >= 15 is 0 Å². The number of rotatable bonds is 5. The van der Waals surface area contributed by atoms with Crippen molar-refractivity contribution in [2.75, 3.05) is 0 Å². The maximum absolute atomic E-state index is 10.9. The molecule has 0 aliphatic heterocycles. The first kappa shape index (κ1) is 10.7. The second kappa shape index (κ2) is 4.54. The fourth-order valence-corrected chi connectivity index (χ4v) is 2.73. The summed E-state index contributed by atoms with van der Waals surface area (Å²) in [5.41, 5.74) is 1.70. The molecule has 0 spiro atoms. The zero-order chi connectivity index (χ0) is 8.91. The molecule has 0 heterocycles. The quantitative estimate of drug-likeness (QED) is 0.381. The van der Waals surface area contributed by atoms with Gasteiger partial charge in [-0.3, -0.25) is 0 Å². The van der Waals surface area contributed by atoms with Gasteiger partial charge in [-0.15, -0.1) is 6.58 Å². The second-order valence-electron chi connectivity index (χ2n) is 2.44. The van der Waals surface area contributed by atoms with Crippen LogP contribution in [0.3, 0.4) is 0 Å². The Balaban J connectivity index is 3.92. The molecule has 0 radical (unpaired) electrons. The molecular formula is C6H13O3PSi. The molecule has 0 aliphatic carbocycles. The van der Waals surface area contributed by atoms with E-state index in [1.54, 1.807) is 5.70 Å². The summed E-state index contributed by atoms with van der Waals surface area (Å²) >= 11 is 0. The lowest BCUT2D eigenvalue weighted by Crippen LogP contribution is -2.23. The van der Waals surface area contributed by atoms with Crippen molar-refractivity contribution in [1.29, 1.82) is 0 Å². The van der Waals surface area contributed by atoms with E-state index < -0.39 is 16.6 Å². The van der Waals surface area contributed by atoms with Crippen LogP contribution in [0.1, 0.15) is 0 Å². The first-order valence-corrected chi connectivity index (χ1v) is 7.37. The average molecular weight is 192 g/mol. The molecule has 0 saturated carbocycles. The van der Waals surface area contributed by atoms with Crippen LogP contribution in [0.4, 0.5) is 0 Å². The molecule has 3 nitrogen and oxygen atoms in total. The van der Waals surface area contributed by atoms with Gasteiger partial charge in [0.15, 0.2) is 0 Å². The summed E-state index contributed by atoms with van der Waals surface area (Å²) in [6, 6.07) is 0. The fourth-order valence-electron chi connectivity index (χ4n) is 0.349. The van der Waals surface area contributed by atoms with E-state index in [2.05, 4.69) is 17.7 Å². The van der Waals surface area contributed by atoms with Gasteiger partial charge in [0.25, 0.3) is 0 Å². The fraction of sp³-hybridized carbons (Fsp3) is 0.333. The zero-order valence-corrected chi connectivity index (χ0v) is 8.79. The molecule has 64 valence electrons. The molecular weight excluding hydrogens is 179 g/mol. The highest BCUT2D eigenvalue weighted by Crippen LogP contribution is 2.29. The van der Waals surface area contributed by atoms with E-state index in [0.717, 1.165) is 6.26 Å². The highest BCUT2D eigenvalue weighted by Gasteiger charge is 2.20. The lowest BCUT2D eigenvalue weighted by Gasteiger charge is -2.16. The van der Waals surface area contributed by atoms with Crippen molar-refractivity contribution >= 4 is 16.6 Å². The Bertz CT molecular complexity index is 179. The molecule has 0 aromatic carbocycles. The van der Waals surface area contributed by atoms with E-state index in [9.17, 15) is 4.57 Å². The summed E-state index contributed by atoms with van der Waals surface area (Å²) < 4.78 is 20.5. The highest BCUT2D eigenvalue weighted by molar-refractivity contribution is 7.36. The summed E-state index contributed by atoms with van der Waals surface area (Å²) in [4.78, 5) is 0. The molecule has 11 heavy (non-hydrogen) atoms. The standard InChI is InChI=1S/C6H13O3PSi/c1-5-8-10(7)9-11(3,4)6-2/h5-6,10H,1-2H2,3-4H3. The van der Waals surface area contributed by atoms with E-state index in [1.807, 2.05) is 13.1 Å². The second-order valence-corrected chi connectivity index (χ2v) is 7.61. The number of hydrogen-bond acceptors (Lipinski definition) is 3. The van der Waals surface area contributed by atoms with Crippen molar-refractivity contribution in [2.24, 2.45) is 0 Å². The van der Waals surface area contributed by atoms with Gasteiger partial charge in [-0.2, -0.15) is 0 Å². The Labute approximate surface area is 68.8 Å². The SMILES string of the molecule is C=CO[PH](=O)O[Si](C)(C)C=C. The first-order chi connectivity index (χ1) is 5.02. The van der Waals surface area contributed by atoms with Crippen LogP contribution in [0.5, 0.6) is 0 Å². The molecule has 0 aromatic rings. The van der Waals surface area contributed by atoms with Gasteiger partial charge in [-0.05, 0) is 13.1 Å². The van der Waals surface area contributed by atoms with Gasteiger partial charge in [0.2, 0.25) is 8.32 Å². The maximum atomic E-state index is 10.9. The topological polar surface area (TPSA) is 35.5 Å². The summed E-state index contributed by atoms with van der Waals surface area (Å²) in [5, 5.41) is 0. The predicted molar refractivity (Wildman–Crippen MR) is 49.0 cm³/mol. The van der Waals surface area contributed by atoms with Crippen LogP contribution in [-0.2, 0) is 13.3 Å². The minimum atomic E-state index is -2.39. The van der Waals surface area contributed by atoms with Crippen LogP contribution in [0, 0.1) is 0 Å². The molecule has 1 atom stereocenters. The lowest BCUT2D eigenvalue weighted by atomic mass is 11.2. The molecule has 0 bridgehead atoms. The van der Waals surface area contributed by atoms with Gasteiger partial charge in [0.05, 0.1) is 6.26 Å². The van der Waals surface area contributed by atoms with Crippen LogP contribution >= 0.6 is 8.25 Å². The molecule has 0 aromatic heterocycles. The Morgan fingerprint density at radius 1 is 1.45 bits per heavy atom. The zero-order valence-electron chi connectivity index (χ0n) is 6.79. The van der Waals surface area contributed by atoms with Crippen molar-refractivity contribution in [2.45, 2.75) is 13.1 Å². The predicted octanol–water partition coefficient (Wildman–Crippen LogP) is 2.48. The van der Waals surface area contributed by atoms with Crippen molar-refractivity contribution in [1.82, 2.24) is 0 Å². The third-order valence-corrected chi connectivity index (χ3v) is 5.13. The summed E-state index contributed by atoms with van der Waals surface area (Å²) in [7, 11) is -4.34. The van der Waals surface area contributed by atoms with Gasteiger partial charge in [-0.25, -0.2) is 4.57 Å². The molecule has 0 fully saturated rings. The van der Waals surface area contributed by atoms with Crippen LogP contribution in [0.2, 0.25) is 13.1 Å². The largest absolute Gasteiger partial charge is 0.435 e. The molecule has 1 unspecified atom stereocenters. The van der Waals surface area contributed by atoms with E-state index in [-0.39, 0.29) is 0 Å². The van der Waals surface area contributed by atoms with Crippen molar-refractivity contribution in [3.63, 3.8) is 0 Å². The first-order valence-electron chi connectivity index (χ1n) is 3.16. The van der Waals surface area contributed by atoms with Crippen molar-refractivity contribution in [3.8, 4) is 0 Å². The Morgan fingerprint density at radius 3 is 2.36 bits per heavy atom. The van der Waals surface area contributed by atoms with Crippen LogP contribution in [0.15, 0.2) is 25.1 Å². The number of hydrogen-bond donors (Lipinski definition) is 0. The Hall–Kier alpha value is -0.313. The molecule has 0 amide bonds. The molecule has 0 rings (SSSR count). The summed E-state index contributed by atoms with van der Waals surface area (Å²) in [6.45, 7) is 10.6. The Kier molecular flexibility index (Phi) is 4.41. The lowest BCUT2D eigenvalue weighted by molar-refractivity contribution is 0.384. The maximum Gasteiger partial charge on any atom is 0.357 e. The van der Waals surface area contributed by atoms with Gasteiger partial charge in [-0.1, -0.05) is 12.3 Å². The summed E-state index contributed by atoms with van der Waals surface area (Å²) in [6.07, 6.45) is 1.12. The Morgan fingerprint density at radius 2 is 2.00 bits per heavy atom. The van der Waals surface area contributed by atoms with E-state index in [1.165, 1.54) is 0 Å². The normalized spacial score (nSPS) is 13.6. The minimum absolute atomic E-state index is 1.12. The van der Waals surface area contributed by atoms with Crippen LogP contribution in [-0.4, -0.2) is 8.32 Å². The van der Waals surface area contributed by atoms with Crippen LogP contribution < -0.4 is 0 Å². The summed E-state index contributed by atoms with van der Waals surface area (Å²) in [5.74, 6) is 0. The van der Waals surface area contributed by atoms with Gasteiger partial charge >= 0.3 is 8.25 Å². The van der Waals surface area contributed by atoms with Gasteiger partial charge in [0, 0.05) is 0 Å². The van der Waals surface area contributed by atoms with Gasteiger partial charge < -0.3 is 8.74 Å². The smallest absolute Gasteiger partial charge is 0.357 e. The van der Waals surface area contributed by atoms with Crippen LogP contribution in [0.25, 0.3) is 0 Å². The van der Waals surface area contributed by atoms with Gasteiger partial charge in [0.1, 0.15) is 0 Å².